The molecular formula is C24H41IN4O2. The summed E-state index contributed by atoms with van der Waals surface area (Å²) in [6.07, 6.45) is 3.31. The van der Waals surface area contributed by atoms with Crippen LogP contribution in [0.3, 0.4) is 0 Å². The van der Waals surface area contributed by atoms with Crippen LogP contribution in [0.15, 0.2) is 29.3 Å². The smallest absolute Gasteiger partial charge is 0.191 e. The molecule has 2 fully saturated rings. The van der Waals surface area contributed by atoms with Gasteiger partial charge in [0.1, 0.15) is 0 Å². The molecule has 0 aromatic heterocycles. The maximum Gasteiger partial charge on any atom is 0.191 e. The molecule has 0 amide bonds. The van der Waals surface area contributed by atoms with E-state index in [1.54, 1.807) is 0 Å². The molecule has 7 heteroatoms. The zero-order chi connectivity index (χ0) is 21.2. The van der Waals surface area contributed by atoms with Crippen molar-refractivity contribution in [3.63, 3.8) is 0 Å². The van der Waals surface area contributed by atoms with Crippen molar-refractivity contribution >= 4 is 29.9 Å². The highest BCUT2D eigenvalue weighted by Crippen LogP contribution is 2.22. The Balaban J connectivity index is 0.00000341. The molecule has 2 heterocycles. The van der Waals surface area contributed by atoms with Crippen molar-refractivity contribution in [1.29, 1.82) is 0 Å². The Kier molecular flexibility index (Phi) is 12.1. The van der Waals surface area contributed by atoms with Crippen LogP contribution in [0.2, 0.25) is 0 Å². The van der Waals surface area contributed by atoms with E-state index >= 15 is 0 Å². The van der Waals surface area contributed by atoms with Crippen LogP contribution in [0.4, 0.5) is 0 Å². The molecule has 31 heavy (non-hydrogen) atoms. The molecule has 0 spiro atoms. The highest BCUT2D eigenvalue weighted by Gasteiger charge is 2.31. The lowest BCUT2D eigenvalue weighted by Crippen LogP contribution is -2.53. The predicted molar refractivity (Wildman–Crippen MR) is 139 cm³/mol. The van der Waals surface area contributed by atoms with Crippen LogP contribution in [-0.2, 0) is 15.9 Å². The molecule has 0 bridgehead atoms. The Morgan fingerprint density at radius 2 is 1.84 bits per heavy atom. The third-order valence-corrected chi connectivity index (χ3v) is 6.31. The quantitative estimate of drug-likeness (QED) is 0.217. The number of guanidine groups is 1. The molecule has 1 aromatic rings. The second-order valence-electron chi connectivity index (χ2n) is 8.72. The van der Waals surface area contributed by atoms with E-state index in [2.05, 4.69) is 58.6 Å². The normalized spacial score (nSPS) is 21.0. The zero-order valence-corrected chi connectivity index (χ0v) is 21.8. The van der Waals surface area contributed by atoms with Crippen LogP contribution in [0.1, 0.15) is 43.7 Å². The van der Waals surface area contributed by atoms with Gasteiger partial charge in [-0.2, -0.15) is 0 Å². The zero-order valence-electron chi connectivity index (χ0n) is 19.4. The van der Waals surface area contributed by atoms with E-state index in [-0.39, 0.29) is 24.0 Å². The molecule has 0 radical (unpaired) electrons. The van der Waals surface area contributed by atoms with Gasteiger partial charge in [-0.25, -0.2) is 0 Å². The van der Waals surface area contributed by atoms with Gasteiger partial charge in [-0.15, -0.1) is 24.0 Å². The molecule has 1 aromatic carbocycles. The van der Waals surface area contributed by atoms with E-state index in [9.17, 15) is 0 Å². The molecule has 2 unspecified atom stereocenters. The summed E-state index contributed by atoms with van der Waals surface area (Å²) in [4.78, 5) is 6.99. The van der Waals surface area contributed by atoms with Gasteiger partial charge in [0.05, 0.1) is 19.8 Å². The minimum absolute atomic E-state index is 0. The van der Waals surface area contributed by atoms with E-state index in [0.29, 0.717) is 17.9 Å². The van der Waals surface area contributed by atoms with Crippen molar-refractivity contribution in [2.75, 3.05) is 59.7 Å². The second kappa shape index (κ2) is 14.3. The van der Waals surface area contributed by atoms with Crippen LogP contribution in [0.5, 0.6) is 0 Å². The largest absolute Gasteiger partial charge is 0.381 e. The second-order valence-corrected chi connectivity index (χ2v) is 8.72. The number of nitrogens with one attached hydrogen (secondary N) is 2. The van der Waals surface area contributed by atoms with E-state index in [1.165, 1.54) is 11.1 Å². The number of aliphatic imine (C=N–C) groups is 1. The Labute approximate surface area is 205 Å². The number of hydrogen-bond donors (Lipinski definition) is 2. The van der Waals surface area contributed by atoms with Gasteiger partial charge in [0.2, 0.25) is 0 Å². The molecule has 2 atom stereocenters. The third kappa shape index (κ3) is 8.51. The van der Waals surface area contributed by atoms with E-state index in [1.807, 2.05) is 7.05 Å². The highest BCUT2D eigenvalue weighted by molar-refractivity contribution is 14.0. The van der Waals surface area contributed by atoms with Gasteiger partial charge in [0.15, 0.2) is 5.96 Å². The number of halogens is 1. The van der Waals surface area contributed by atoms with Gasteiger partial charge in [-0.1, -0.05) is 38.1 Å². The summed E-state index contributed by atoms with van der Waals surface area (Å²) in [5, 5.41) is 7.05. The Bertz CT molecular complexity index is 641. The summed E-state index contributed by atoms with van der Waals surface area (Å²) in [5.74, 6) is 2.07. The first-order valence-electron chi connectivity index (χ1n) is 11.6. The van der Waals surface area contributed by atoms with Crippen LogP contribution in [-0.4, -0.2) is 76.6 Å². The topological polar surface area (TPSA) is 58.1 Å². The summed E-state index contributed by atoms with van der Waals surface area (Å²) in [6, 6.07) is 9.51. The molecule has 176 valence electrons. The SMILES string of the molecule is CN=C(NCCCc1ccc(C(C)C)cc1)NCC(C1CCOC1)N1CCOCC1.I. The summed E-state index contributed by atoms with van der Waals surface area (Å²) in [7, 11) is 1.85. The van der Waals surface area contributed by atoms with Crippen LogP contribution < -0.4 is 10.6 Å². The Hall–Kier alpha value is -0.900. The number of nitrogens with zero attached hydrogens (tertiary/aromatic N) is 2. The van der Waals surface area contributed by atoms with E-state index in [4.69, 9.17) is 9.47 Å². The minimum Gasteiger partial charge on any atom is -0.381 e. The molecule has 2 N–H and O–H groups in total. The molecule has 0 saturated carbocycles. The van der Waals surface area contributed by atoms with Gasteiger partial charge in [0.25, 0.3) is 0 Å². The number of morpholine rings is 1. The standard InChI is InChI=1S/C24H40N4O2.HI/c1-19(2)21-8-6-20(7-9-21)5-4-11-26-24(25-3)27-17-23(22-10-14-30-18-22)28-12-15-29-16-13-28;/h6-9,19,22-23H,4-5,10-18H2,1-3H3,(H2,25,26,27);1H. The molecule has 0 aliphatic carbocycles. The first-order valence-corrected chi connectivity index (χ1v) is 11.6. The van der Waals surface area contributed by atoms with E-state index in [0.717, 1.165) is 77.8 Å². The fraction of sp³-hybridized carbons (Fsp3) is 0.708. The van der Waals surface area contributed by atoms with Crippen molar-refractivity contribution in [2.45, 2.75) is 45.1 Å². The maximum absolute atomic E-state index is 5.67. The van der Waals surface area contributed by atoms with Crippen molar-refractivity contribution in [1.82, 2.24) is 15.5 Å². The third-order valence-electron chi connectivity index (χ3n) is 6.31. The Morgan fingerprint density at radius 1 is 1.10 bits per heavy atom. The van der Waals surface area contributed by atoms with Crippen molar-refractivity contribution < 1.29 is 9.47 Å². The fourth-order valence-corrected chi connectivity index (χ4v) is 4.35. The van der Waals surface area contributed by atoms with Crippen molar-refractivity contribution in [3.8, 4) is 0 Å². The molecule has 2 saturated heterocycles. The van der Waals surface area contributed by atoms with Crippen molar-refractivity contribution in [2.24, 2.45) is 10.9 Å². The average molecular weight is 545 g/mol. The van der Waals surface area contributed by atoms with Gasteiger partial charge in [0, 0.05) is 51.8 Å². The lowest BCUT2D eigenvalue weighted by molar-refractivity contribution is 0.00247. The maximum atomic E-state index is 5.67. The van der Waals surface area contributed by atoms with Crippen molar-refractivity contribution in [3.05, 3.63) is 35.4 Å². The summed E-state index contributed by atoms with van der Waals surface area (Å²) in [6.45, 7) is 11.7. The molecule has 6 nitrogen and oxygen atoms in total. The molecule has 3 rings (SSSR count). The lowest BCUT2D eigenvalue weighted by atomic mass is 9.97. The monoisotopic (exact) mass is 544 g/mol. The van der Waals surface area contributed by atoms with Crippen LogP contribution >= 0.6 is 24.0 Å². The predicted octanol–water partition coefficient (Wildman–Crippen LogP) is 3.26. The minimum atomic E-state index is 0. The van der Waals surface area contributed by atoms with Gasteiger partial charge >= 0.3 is 0 Å². The number of rotatable bonds is 9. The molecular weight excluding hydrogens is 503 g/mol. The summed E-state index contributed by atoms with van der Waals surface area (Å²) >= 11 is 0. The number of ether oxygens (including phenoxy) is 2. The molecule has 2 aliphatic heterocycles. The van der Waals surface area contributed by atoms with Crippen LogP contribution in [0, 0.1) is 5.92 Å². The lowest BCUT2D eigenvalue weighted by Gasteiger charge is -2.37. The van der Waals surface area contributed by atoms with Gasteiger partial charge in [-0.3, -0.25) is 9.89 Å². The highest BCUT2D eigenvalue weighted by atomic mass is 127. The van der Waals surface area contributed by atoms with Crippen LogP contribution in [0.25, 0.3) is 0 Å². The number of aryl methyl sites for hydroxylation is 1. The number of hydrogen-bond acceptors (Lipinski definition) is 4. The first-order chi connectivity index (χ1) is 14.7. The Morgan fingerprint density at radius 3 is 2.45 bits per heavy atom. The summed E-state index contributed by atoms with van der Waals surface area (Å²) in [5.41, 5.74) is 2.81. The summed E-state index contributed by atoms with van der Waals surface area (Å²) < 4.78 is 11.2. The number of benzene rings is 1. The van der Waals surface area contributed by atoms with E-state index < -0.39 is 0 Å². The molecule has 2 aliphatic rings. The first kappa shape index (κ1) is 26.4. The average Bonchev–Trinajstić information content (AvgIpc) is 3.31. The fourth-order valence-electron chi connectivity index (χ4n) is 4.35. The van der Waals surface area contributed by atoms with Gasteiger partial charge < -0.3 is 20.1 Å². The van der Waals surface area contributed by atoms with Gasteiger partial charge in [-0.05, 0) is 36.3 Å².